The van der Waals surface area contributed by atoms with E-state index < -0.39 is 5.41 Å². The van der Waals surface area contributed by atoms with Gasteiger partial charge >= 0.3 is 5.97 Å². The number of carbonyl (C=O) groups is 2. The van der Waals surface area contributed by atoms with Gasteiger partial charge in [0.15, 0.2) is 0 Å². The highest BCUT2D eigenvalue weighted by atomic mass is 16.5. The molecule has 2 aliphatic heterocycles. The van der Waals surface area contributed by atoms with Crippen LogP contribution in [0.1, 0.15) is 52.4 Å². The zero-order valence-electron chi connectivity index (χ0n) is 15.9. The Morgan fingerprint density at radius 1 is 1.24 bits per heavy atom. The molecule has 0 bridgehead atoms. The van der Waals surface area contributed by atoms with E-state index in [1.807, 2.05) is 11.8 Å². The van der Waals surface area contributed by atoms with Crippen LogP contribution < -0.4 is 0 Å². The van der Waals surface area contributed by atoms with Crippen LogP contribution in [0.25, 0.3) is 0 Å². The molecule has 2 atom stereocenters. The van der Waals surface area contributed by atoms with Gasteiger partial charge in [-0.05, 0) is 39.0 Å². The average Bonchev–Trinajstić information content (AvgIpc) is 2.63. The summed E-state index contributed by atoms with van der Waals surface area (Å²) < 4.78 is 16.3. The van der Waals surface area contributed by atoms with Crippen molar-refractivity contribution in [2.75, 3.05) is 40.0 Å². The fourth-order valence-corrected chi connectivity index (χ4v) is 4.01. The largest absolute Gasteiger partial charge is 0.465 e. The number of hydrogen-bond donors (Lipinski definition) is 0. The normalized spacial score (nSPS) is 26.3. The van der Waals surface area contributed by atoms with Gasteiger partial charge < -0.3 is 19.1 Å². The van der Waals surface area contributed by atoms with Gasteiger partial charge in [0.2, 0.25) is 5.91 Å². The van der Waals surface area contributed by atoms with Gasteiger partial charge in [-0.2, -0.15) is 0 Å². The highest BCUT2D eigenvalue weighted by Gasteiger charge is 2.44. The molecule has 2 saturated heterocycles. The molecule has 2 aliphatic rings. The van der Waals surface area contributed by atoms with E-state index in [0.29, 0.717) is 45.8 Å². The first-order valence-electron chi connectivity index (χ1n) is 9.62. The lowest BCUT2D eigenvalue weighted by molar-refractivity contribution is -0.165. The molecule has 0 aromatic rings. The predicted molar refractivity (Wildman–Crippen MR) is 94.1 cm³/mol. The number of methoxy groups -OCH3 is 1. The molecule has 0 saturated carbocycles. The van der Waals surface area contributed by atoms with E-state index >= 15 is 0 Å². The summed E-state index contributed by atoms with van der Waals surface area (Å²) in [5.74, 6) is 0.0834. The molecule has 0 radical (unpaired) electrons. The number of esters is 1. The van der Waals surface area contributed by atoms with Crippen LogP contribution >= 0.6 is 0 Å². The molecule has 2 rings (SSSR count). The van der Waals surface area contributed by atoms with Crippen LogP contribution in [0.4, 0.5) is 0 Å². The second-order valence-electron chi connectivity index (χ2n) is 7.26. The number of ether oxygens (including phenoxy) is 3. The maximum Gasteiger partial charge on any atom is 0.314 e. The summed E-state index contributed by atoms with van der Waals surface area (Å²) in [7, 11) is 1.61. The summed E-state index contributed by atoms with van der Waals surface area (Å²) in [5.41, 5.74) is -0.609. The van der Waals surface area contributed by atoms with Crippen LogP contribution in [-0.2, 0) is 23.8 Å². The van der Waals surface area contributed by atoms with Gasteiger partial charge in [0.1, 0.15) is 0 Å². The summed E-state index contributed by atoms with van der Waals surface area (Å²) in [5, 5.41) is 0. The van der Waals surface area contributed by atoms with E-state index in [2.05, 4.69) is 6.92 Å². The molecule has 6 heteroatoms. The van der Waals surface area contributed by atoms with Crippen molar-refractivity contribution >= 4 is 11.9 Å². The molecule has 144 valence electrons. The predicted octanol–water partition coefficient (Wildman–Crippen LogP) is 2.40. The van der Waals surface area contributed by atoms with Gasteiger partial charge in [0.05, 0.1) is 24.7 Å². The molecular formula is C19H33NO5. The summed E-state index contributed by atoms with van der Waals surface area (Å²) in [4.78, 5) is 27.2. The Bertz CT molecular complexity index is 443. The Labute approximate surface area is 151 Å². The van der Waals surface area contributed by atoms with Crippen molar-refractivity contribution in [1.82, 2.24) is 4.90 Å². The van der Waals surface area contributed by atoms with Crippen molar-refractivity contribution in [2.24, 2.45) is 11.3 Å². The van der Waals surface area contributed by atoms with E-state index in [4.69, 9.17) is 14.2 Å². The fraction of sp³-hybridized carbons (Fsp3) is 0.895. The topological polar surface area (TPSA) is 65.1 Å². The zero-order valence-corrected chi connectivity index (χ0v) is 15.9. The van der Waals surface area contributed by atoms with Gasteiger partial charge in [-0.15, -0.1) is 0 Å². The van der Waals surface area contributed by atoms with Crippen molar-refractivity contribution in [3.8, 4) is 0 Å². The SMILES string of the molecule is CCC[C@H]1C[C@H](C(=O)N2CCC(COC)(C(=O)OCC)CC2)CCO1. The average molecular weight is 355 g/mol. The van der Waals surface area contributed by atoms with Crippen LogP contribution in [0.5, 0.6) is 0 Å². The van der Waals surface area contributed by atoms with Crippen molar-refractivity contribution in [3.05, 3.63) is 0 Å². The number of hydrogen-bond acceptors (Lipinski definition) is 5. The standard InChI is InChI=1S/C19H33NO5/c1-4-6-16-13-15(7-12-25-16)17(21)20-10-8-19(9-11-20,14-23-3)18(22)24-5-2/h15-16H,4-14H2,1-3H3/t15-,16+/m1/s1. The number of nitrogens with zero attached hydrogens (tertiary/aromatic N) is 1. The van der Waals surface area contributed by atoms with Gasteiger partial charge in [-0.25, -0.2) is 0 Å². The van der Waals surface area contributed by atoms with Gasteiger partial charge in [-0.3, -0.25) is 9.59 Å². The highest BCUT2D eigenvalue weighted by molar-refractivity contribution is 5.81. The monoisotopic (exact) mass is 355 g/mol. The third kappa shape index (κ3) is 4.94. The molecule has 1 amide bonds. The van der Waals surface area contributed by atoms with Crippen molar-refractivity contribution in [1.29, 1.82) is 0 Å². The van der Waals surface area contributed by atoms with E-state index in [9.17, 15) is 9.59 Å². The molecule has 25 heavy (non-hydrogen) atoms. The molecule has 0 aliphatic carbocycles. The lowest BCUT2D eigenvalue weighted by Gasteiger charge is -2.41. The minimum absolute atomic E-state index is 0.0582. The lowest BCUT2D eigenvalue weighted by Crippen LogP contribution is -2.51. The first kappa shape index (κ1) is 20.2. The molecule has 2 heterocycles. The van der Waals surface area contributed by atoms with Gasteiger partial charge in [-0.1, -0.05) is 13.3 Å². The Hall–Kier alpha value is -1.14. The number of amides is 1. The minimum Gasteiger partial charge on any atom is -0.465 e. The van der Waals surface area contributed by atoms with Gasteiger partial charge in [0.25, 0.3) is 0 Å². The maximum atomic E-state index is 12.9. The fourth-order valence-electron chi connectivity index (χ4n) is 4.01. The quantitative estimate of drug-likeness (QED) is 0.656. The number of rotatable bonds is 7. The molecule has 0 N–H and O–H groups in total. The second-order valence-corrected chi connectivity index (χ2v) is 7.26. The molecular weight excluding hydrogens is 322 g/mol. The molecule has 0 unspecified atom stereocenters. The Morgan fingerprint density at radius 3 is 2.56 bits per heavy atom. The minimum atomic E-state index is -0.609. The van der Waals surface area contributed by atoms with Crippen LogP contribution in [-0.4, -0.2) is 62.9 Å². The number of piperidine rings is 1. The summed E-state index contributed by atoms with van der Waals surface area (Å²) >= 11 is 0. The van der Waals surface area contributed by atoms with Crippen LogP contribution in [0.15, 0.2) is 0 Å². The van der Waals surface area contributed by atoms with Crippen LogP contribution in [0, 0.1) is 11.3 Å². The second kappa shape index (κ2) is 9.53. The highest BCUT2D eigenvalue weighted by Crippen LogP contribution is 2.35. The lowest BCUT2D eigenvalue weighted by atomic mass is 9.78. The van der Waals surface area contributed by atoms with Gasteiger partial charge in [0, 0.05) is 32.7 Å². The smallest absolute Gasteiger partial charge is 0.314 e. The molecule has 2 fully saturated rings. The van der Waals surface area contributed by atoms with Crippen LogP contribution in [0.2, 0.25) is 0 Å². The van der Waals surface area contributed by atoms with Crippen molar-refractivity contribution < 1.29 is 23.8 Å². The Kier molecular flexibility index (Phi) is 7.69. The molecule has 6 nitrogen and oxygen atoms in total. The Morgan fingerprint density at radius 2 is 1.96 bits per heavy atom. The maximum absolute atomic E-state index is 12.9. The van der Waals surface area contributed by atoms with Crippen molar-refractivity contribution in [3.63, 3.8) is 0 Å². The number of carbonyl (C=O) groups excluding carboxylic acids is 2. The van der Waals surface area contributed by atoms with Crippen LogP contribution in [0.3, 0.4) is 0 Å². The van der Waals surface area contributed by atoms with Crippen molar-refractivity contribution in [2.45, 2.75) is 58.5 Å². The molecule has 0 aromatic heterocycles. The Balaban J connectivity index is 1.93. The third-order valence-corrected chi connectivity index (χ3v) is 5.49. The first-order chi connectivity index (χ1) is 12.1. The summed E-state index contributed by atoms with van der Waals surface area (Å²) in [6, 6.07) is 0. The van der Waals surface area contributed by atoms with E-state index in [1.54, 1.807) is 7.11 Å². The summed E-state index contributed by atoms with van der Waals surface area (Å²) in [6.45, 7) is 6.54. The van der Waals surface area contributed by atoms with E-state index in [-0.39, 0.29) is 23.9 Å². The number of likely N-dealkylation sites (tertiary alicyclic amines) is 1. The zero-order chi connectivity index (χ0) is 18.3. The first-order valence-corrected chi connectivity index (χ1v) is 9.62. The van der Waals surface area contributed by atoms with E-state index in [1.165, 1.54) is 0 Å². The molecule has 0 spiro atoms. The molecule has 0 aromatic carbocycles. The van der Waals surface area contributed by atoms with E-state index in [0.717, 1.165) is 25.7 Å². The third-order valence-electron chi connectivity index (χ3n) is 5.49. The summed E-state index contributed by atoms with van der Waals surface area (Å²) in [6.07, 6.45) is 5.14.